The summed E-state index contributed by atoms with van der Waals surface area (Å²) < 4.78 is 10.7. The Labute approximate surface area is 198 Å². The van der Waals surface area contributed by atoms with Crippen LogP contribution in [0, 0.1) is 0 Å². The average Bonchev–Trinajstić information content (AvgIpc) is 3.16. The van der Waals surface area contributed by atoms with Gasteiger partial charge in [0.1, 0.15) is 0 Å². The number of aliphatic imine (C=N–C) groups is 1. The lowest BCUT2D eigenvalue weighted by molar-refractivity contribution is -0.129. The van der Waals surface area contributed by atoms with Crippen molar-refractivity contribution in [3.63, 3.8) is 0 Å². The molecule has 1 saturated heterocycles. The summed E-state index contributed by atoms with van der Waals surface area (Å²) in [6.45, 7) is 7.38. The zero-order valence-corrected chi connectivity index (χ0v) is 21.0. The van der Waals surface area contributed by atoms with Gasteiger partial charge < -0.3 is 25.0 Å². The van der Waals surface area contributed by atoms with Gasteiger partial charge in [0.05, 0.1) is 14.2 Å². The van der Waals surface area contributed by atoms with Crippen LogP contribution in [0.2, 0.25) is 0 Å². The molecule has 1 aliphatic rings. The van der Waals surface area contributed by atoms with E-state index in [0.717, 1.165) is 62.8 Å². The Balaban J connectivity index is 0.00000450. The Morgan fingerprint density at radius 1 is 1.20 bits per heavy atom. The van der Waals surface area contributed by atoms with Gasteiger partial charge in [0.15, 0.2) is 17.5 Å². The van der Waals surface area contributed by atoms with Crippen molar-refractivity contribution < 1.29 is 14.3 Å². The fraction of sp³-hybridized carbons (Fsp3) is 0.636. The maximum atomic E-state index is 12.0. The van der Waals surface area contributed by atoms with Crippen molar-refractivity contribution in [3.05, 3.63) is 23.8 Å². The largest absolute Gasteiger partial charge is 0.493 e. The zero-order chi connectivity index (χ0) is 21.1. The summed E-state index contributed by atoms with van der Waals surface area (Å²) in [5, 5.41) is 6.68. The van der Waals surface area contributed by atoms with E-state index in [1.54, 1.807) is 14.2 Å². The first kappa shape index (κ1) is 26.3. The number of methoxy groups -OCH3 is 2. The van der Waals surface area contributed by atoms with Crippen LogP contribution >= 0.6 is 24.0 Å². The third-order valence-corrected chi connectivity index (χ3v) is 5.25. The monoisotopic (exact) mass is 532 g/mol. The second-order valence-electron chi connectivity index (χ2n) is 7.17. The number of nitrogens with zero attached hydrogens (tertiary/aromatic N) is 2. The van der Waals surface area contributed by atoms with Gasteiger partial charge in [-0.3, -0.25) is 9.79 Å². The molecule has 2 N–H and O–H groups in total. The van der Waals surface area contributed by atoms with Gasteiger partial charge in [-0.1, -0.05) is 13.0 Å². The van der Waals surface area contributed by atoms with Gasteiger partial charge in [0.25, 0.3) is 0 Å². The summed E-state index contributed by atoms with van der Waals surface area (Å²) >= 11 is 0. The summed E-state index contributed by atoms with van der Waals surface area (Å²) in [6.07, 6.45) is 4.41. The summed E-state index contributed by atoms with van der Waals surface area (Å²) in [6, 6.07) is 6.27. The number of nitrogens with one attached hydrogen (secondary N) is 2. The molecule has 0 aromatic heterocycles. The molecule has 7 nitrogen and oxygen atoms in total. The Morgan fingerprint density at radius 3 is 2.57 bits per heavy atom. The third-order valence-electron chi connectivity index (χ3n) is 5.25. The van der Waals surface area contributed by atoms with Crippen LogP contribution in [0.1, 0.15) is 45.1 Å². The Morgan fingerprint density at radius 2 is 1.97 bits per heavy atom. The molecule has 1 aromatic rings. The molecule has 1 heterocycles. The minimum atomic E-state index is 0. The first-order chi connectivity index (χ1) is 14.1. The molecule has 2 rings (SSSR count). The van der Waals surface area contributed by atoms with Crippen LogP contribution in [0.4, 0.5) is 0 Å². The van der Waals surface area contributed by atoms with Gasteiger partial charge in [0.2, 0.25) is 5.91 Å². The highest BCUT2D eigenvalue weighted by Crippen LogP contribution is 2.27. The molecule has 1 atom stereocenters. The van der Waals surface area contributed by atoms with E-state index >= 15 is 0 Å². The van der Waals surface area contributed by atoms with Crippen LogP contribution in [0.3, 0.4) is 0 Å². The van der Waals surface area contributed by atoms with E-state index in [1.807, 2.05) is 23.1 Å². The SMILES string of the molecule is CCNC(=NCCC(CC)N1CCCC1=O)NCCc1ccc(OC)c(OC)c1.I. The number of hydrogen-bond donors (Lipinski definition) is 2. The number of amides is 1. The number of carbonyl (C=O) groups excluding carboxylic acids is 1. The highest BCUT2D eigenvalue weighted by Gasteiger charge is 2.26. The first-order valence-electron chi connectivity index (χ1n) is 10.6. The summed E-state index contributed by atoms with van der Waals surface area (Å²) in [5.74, 6) is 2.59. The van der Waals surface area contributed by atoms with Crippen LogP contribution in [-0.2, 0) is 11.2 Å². The molecule has 1 aliphatic heterocycles. The number of halogens is 1. The first-order valence-corrected chi connectivity index (χ1v) is 10.6. The van der Waals surface area contributed by atoms with E-state index in [0.29, 0.717) is 24.9 Å². The Bertz CT molecular complexity index is 684. The molecular weight excluding hydrogens is 495 g/mol. The van der Waals surface area contributed by atoms with Crippen molar-refractivity contribution in [2.24, 2.45) is 4.99 Å². The van der Waals surface area contributed by atoms with E-state index in [1.165, 1.54) is 5.56 Å². The van der Waals surface area contributed by atoms with Gasteiger partial charge in [-0.25, -0.2) is 0 Å². The van der Waals surface area contributed by atoms with Crippen molar-refractivity contribution in [1.82, 2.24) is 15.5 Å². The van der Waals surface area contributed by atoms with E-state index < -0.39 is 0 Å². The molecule has 170 valence electrons. The number of guanidine groups is 1. The fourth-order valence-electron chi connectivity index (χ4n) is 3.66. The quantitative estimate of drug-likeness (QED) is 0.260. The number of carbonyl (C=O) groups is 1. The van der Waals surface area contributed by atoms with Crippen LogP contribution in [0.15, 0.2) is 23.2 Å². The van der Waals surface area contributed by atoms with Crippen molar-refractivity contribution in [1.29, 1.82) is 0 Å². The van der Waals surface area contributed by atoms with Crippen molar-refractivity contribution >= 4 is 35.8 Å². The standard InChI is InChI=1S/C22H36N4O3.HI/c1-5-18(26-15-7-8-21(26)27)12-14-25-22(23-6-2)24-13-11-17-9-10-19(28-3)20(16-17)29-4;/h9-10,16,18H,5-8,11-15H2,1-4H3,(H2,23,24,25);1H. The highest BCUT2D eigenvalue weighted by molar-refractivity contribution is 14.0. The fourth-order valence-corrected chi connectivity index (χ4v) is 3.66. The maximum absolute atomic E-state index is 12.0. The predicted octanol–water partition coefficient (Wildman–Crippen LogP) is 3.21. The number of rotatable bonds is 11. The van der Waals surface area contributed by atoms with Crippen molar-refractivity contribution in [2.75, 3.05) is 40.4 Å². The molecule has 0 bridgehead atoms. The molecule has 0 aliphatic carbocycles. The molecule has 0 spiro atoms. The second-order valence-corrected chi connectivity index (χ2v) is 7.17. The maximum Gasteiger partial charge on any atom is 0.222 e. The molecule has 1 aromatic carbocycles. The summed E-state index contributed by atoms with van der Waals surface area (Å²) in [5.41, 5.74) is 1.17. The average molecular weight is 532 g/mol. The van der Waals surface area contributed by atoms with E-state index in [4.69, 9.17) is 14.5 Å². The molecule has 0 radical (unpaired) electrons. The third kappa shape index (κ3) is 7.85. The number of ether oxygens (including phenoxy) is 2. The van der Waals surface area contributed by atoms with Crippen molar-refractivity contribution in [3.8, 4) is 11.5 Å². The predicted molar refractivity (Wildman–Crippen MR) is 132 cm³/mol. The lowest BCUT2D eigenvalue weighted by Crippen LogP contribution is -2.39. The van der Waals surface area contributed by atoms with Crippen LogP contribution in [0.25, 0.3) is 0 Å². The van der Waals surface area contributed by atoms with Crippen molar-refractivity contribution in [2.45, 2.75) is 52.0 Å². The number of hydrogen-bond acceptors (Lipinski definition) is 4. The zero-order valence-electron chi connectivity index (χ0n) is 18.7. The molecular formula is C22H37IN4O3. The van der Waals surface area contributed by atoms with Gasteiger partial charge >= 0.3 is 0 Å². The molecule has 1 fully saturated rings. The Hall–Kier alpha value is -1.71. The molecule has 0 saturated carbocycles. The normalized spacial score (nSPS) is 14.9. The number of likely N-dealkylation sites (tertiary alicyclic amines) is 1. The van der Waals surface area contributed by atoms with Gasteiger partial charge in [0, 0.05) is 38.6 Å². The topological polar surface area (TPSA) is 75.2 Å². The van der Waals surface area contributed by atoms with Gasteiger partial charge in [-0.2, -0.15) is 0 Å². The minimum Gasteiger partial charge on any atom is -0.493 e. The van der Waals surface area contributed by atoms with E-state index in [-0.39, 0.29) is 24.0 Å². The molecule has 1 unspecified atom stereocenters. The summed E-state index contributed by atoms with van der Waals surface area (Å²) in [7, 11) is 3.29. The highest BCUT2D eigenvalue weighted by atomic mass is 127. The Kier molecular flexibility index (Phi) is 12.6. The lowest BCUT2D eigenvalue weighted by atomic mass is 10.1. The molecule has 8 heteroatoms. The minimum absolute atomic E-state index is 0. The van der Waals surface area contributed by atoms with Crippen LogP contribution < -0.4 is 20.1 Å². The summed E-state index contributed by atoms with van der Waals surface area (Å²) in [4.78, 5) is 18.7. The van der Waals surface area contributed by atoms with Gasteiger partial charge in [-0.15, -0.1) is 24.0 Å². The number of benzene rings is 1. The van der Waals surface area contributed by atoms with Crippen LogP contribution in [0.5, 0.6) is 11.5 Å². The smallest absolute Gasteiger partial charge is 0.222 e. The molecule has 1 amide bonds. The van der Waals surface area contributed by atoms with Crippen LogP contribution in [-0.4, -0.2) is 63.2 Å². The molecule has 30 heavy (non-hydrogen) atoms. The van der Waals surface area contributed by atoms with E-state index in [9.17, 15) is 4.79 Å². The lowest BCUT2D eigenvalue weighted by Gasteiger charge is -2.26. The second kappa shape index (κ2) is 14.3. The van der Waals surface area contributed by atoms with E-state index in [2.05, 4.69) is 24.5 Å². The van der Waals surface area contributed by atoms with Gasteiger partial charge in [-0.05, 0) is 50.3 Å².